The van der Waals surface area contributed by atoms with Crippen molar-refractivity contribution in [3.05, 3.63) is 11.6 Å². The molecule has 0 amide bonds. The number of aliphatic hydroxyl groups excluding tert-OH is 2. The smallest absolute Gasteiger partial charge is 0.333 e. The first-order valence-corrected chi connectivity index (χ1v) is 14.1. The van der Waals surface area contributed by atoms with E-state index in [1.807, 2.05) is 0 Å². The first-order valence-electron chi connectivity index (χ1n) is 14.1. The minimum Gasteiger partial charge on any atom is -0.478 e. The third kappa shape index (κ3) is 3.00. The van der Waals surface area contributed by atoms with Crippen molar-refractivity contribution >= 4 is 5.97 Å². The molecule has 5 rings (SSSR count). The number of fused-ring (bicyclic) bond motifs is 2. The Morgan fingerprint density at radius 1 is 0.941 bits per heavy atom. The van der Waals surface area contributed by atoms with Crippen molar-refractivity contribution in [1.82, 2.24) is 0 Å². The predicted molar refractivity (Wildman–Crippen MR) is 134 cm³/mol. The van der Waals surface area contributed by atoms with Gasteiger partial charge in [0.2, 0.25) is 0 Å². The molecule has 0 aromatic carbocycles. The lowest BCUT2D eigenvalue weighted by molar-refractivity contribution is -0.161. The van der Waals surface area contributed by atoms with Crippen molar-refractivity contribution in [3.8, 4) is 0 Å². The first-order chi connectivity index (χ1) is 15.9. The minimum absolute atomic E-state index is 0.0536. The fourth-order valence-corrected chi connectivity index (χ4v) is 11.2. The van der Waals surface area contributed by atoms with Crippen LogP contribution in [0.1, 0.15) is 105 Å². The lowest BCUT2D eigenvalue weighted by atomic mass is 9.41. The molecule has 0 aliphatic heterocycles. The second kappa shape index (κ2) is 7.81. The Balaban J connectivity index is 1.35. The van der Waals surface area contributed by atoms with Crippen molar-refractivity contribution in [3.63, 3.8) is 0 Å². The zero-order valence-corrected chi connectivity index (χ0v) is 22.2. The summed E-state index contributed by atoms with van der Waals surface area (Å²) in [6.45, 7) is 11.9. The van der Waals surface area contributed by atoms with E-state index in [1.54, 1.807) is 6.08 Å². The van der Waals surface area contributed by atoms with Crippen molar-refractivity contribution in [2.75, 3.05) is 6.61 Å². The standard InChI is InChI=1S/C30H48O4/c1-19(7-6-8-20(17-31)25(33)34)21-11-13-28(5)23-10-9-22-26(2,3)24(32)12-14-29(22)18-30(23,29)16-15-27(21,28)4/h8,19,21-24,31-32H,6-7,9-18H2,1-5H3,(H,33,34)/b20-8+/t19-,21-,22+,23+,24+,27-,28+,29-,30+/m1/s1. The molecular formula is C30H48O4. The van der Waals surface area contributed by atoms with Gasteiger partial charge in [0, 0.05) is 0 Å². The van der Waals surface area contributed by atoms with E-state index in [4.69, 9.17) is 0 Å². The van der Waals surface area contributed by atoms with E-state index in [1.165, 1.54) is 51.4 Å². The van der Waals surface area contributed by atoms with E-state index in [0.29, 0.717) is 39.4 Å². The van der Waals surface area contributed by atoms with Crippen LogP contribution in [0.25, 0.3) is 0 Å². The molecule has 0 aromatic rings. The van der Waals surface area contributed by atoms with Crippen molar-refractivity contribution in [1.29, 1.82) is 0 Å². The van der Waals surface area contributed by atoms with E-state index in [9.17, 15) is 20.1 Å². The van der Waals surface area contributed by atoms with Crippen LogP contribution in [0.2, 0.25) is 0 Å². The highest BCUT2D eigenvalue weighted by Gasteiger charge is 2.82. The quantitative estimate of drug-likeness (QED) is 0.402. The van der Waals surface area contributed by atoms with Gasteiger partial charge in [-0.2, -0.15) is 0 Å². The highest BCUT2D eigenvalue weighted by Crippen LogP contribution is 2.89. The van der Waals surface area contributed by atoms with Crippen molar-refractivity contribution in [2.24, 2.45) is 50.7 Å². The normalized spacial score (nSPS) is 49.9. The fourth-order valence-electron chi connectivity index (χ4n) is 11.2. The third-order valence-corrected chi connectivity index (χ3v) is 13.3. The molecule has 3 N–H and O–H groups in total. The van der Waals surface area contributed by atoms with Gasteiger partial charge in [-0.1, -0.05) is 40.7 Å². The summed E-state index contributed by atoms with van der Waals surface area (Å²) in [6, 6.07) is 0. The summed E-state index contributed by atoms with van der Waals surface area (Å²) in [5.41, 5.74) is 1.96. The zero-order valence-electron chi connectivity index (χ0n) is 22.2. The van der Waals surface area contributed by atoms with Gasteiger partial charge in [0.25, 0.3) is 0 Å². The molecule has 0 unspecified atom stereocenters. The Morgan fingerprint density at radius 2 is 1.62 bits per heavy atom. The number of rotatable bonds is 6. The summed E-state index contributed by atoms with van der Waals surface area (Å²) in [5, 5.41) is 29.4. The predicted octanol–water partition coefficient (Wildman–Crippen LogP) is 6.21. The van der Waals surface area contributed by atoms with Gasteiger partial charge >= 0.3 is 5.97 Å². The van der Waals surface area contributed by atoms with Crippen LogP contribution in [0.3, 0.4) is 0 Å². The van der Waals surface area contributed by atoms with Crippen LogP contribution in [0, 0.1) is 50.7 Å². The van der Waals surface area contributed by atoms with E-state index in [0.717, 1.165) is 25.2 Å². The Hall–Kier alpha value is -0.870. The number of hydrogen-bond donors (Lipinski definition) is 3. The van der Waals surface area contributed by atoms with Crippen molar-refractivity contribution < 1.29 is 20.1 Å². The van der Waals surface area contributed by atoms with Crippen molar-refractivity contribution in [2.45, 2.75) is 111 Å². The number of carboxylic acids is 1. The SMILES string of the molecule is C[C@H](CC/C=C(\CO)C(=O)O)[C@H]1CC[C@@]2(C)[C@@H]3CC[C@H]4C(C)(C)[C@@H](O)CC[C@@]45C[C@@]35CC[C@]12C. The molecule has 5 aliphatic carbocycles. The van der Waals surface area contributed by atoms with E-state index < -0.39 is 5.97 Å². The molecule has 5 aliphatic rings. The molecular weight excluding hydrogens is 424 g/mol. The maximum atomic E-state index is 11.2. The van der Waals surface area contributed by atoms with Crippen LogP contribution in [0.5, 0.6) is 0 Å². The second-order valence-electron chi connectivity index (χ2n) is 14.3. The molecule has 34 heavy (non-hydrogen) atoms. The average molecular weight is 473 g/mol. The Bertz CT molecular complexity index is 877. The molecule has 4 heteroatoms. The summed E-state index contributed by atoms with van der Waals surface area (Å²) < 4.78 is 0. The Labute approximate surface area is 206 Å². The van der Waals surface area contributed by atoms with E-state index in [2.05, 4.69) is 34.6 Å². The topological polar surface area (TPSA) is 77.8 Å². The summed E-state index contributed by atoms with van der Waals surface area (Å²) in [6.07, 6.45) is 15.0. The lowest BCUT2D eigenvalue weighted by Crippen LogP contribution is -2.57. The summed E-state index contributed by atoms with van der Waals surface area (Å²) in [5.74, 6) is 1.78. The summed E-state index contributed by atoms with van der Waals surface area (Å²) in [7, 11) is 0. The van der Waals surface area contributed by atoms with Gasteiger partial charge in [-0.25, -0.2) is 4.79 Å². The fraction of sp³-hybridized carbons (Fsp3) is 0.900. The number of aliphatic hydroxyl groups is 2. The van der Waals surface area contributed by atoms with Gasteiger partial charge < -0.3 is 15.3 Å². The molecule has 2 spiro atoms. The Morgan fingerprint density at radius 3 is 2.29 bits per heavy atom. The monoisotopic (exact) mass is 472 g/mol. The van der Waals surface area contributed by atoms with Gasteiger partial charge in [0.1, 0.15) is 0 Å². The van der Waals surface area contributed by atoms with Gasteiger partial charge in [-0.3, -0.25) is 0 Å². The number of carboxylic acid groups (broad SMARTS) is 1. The van der Waals surface area contributed by atoms with Gasteiger partial charge in [0.05, 0.1) is 18.3 Å². The van der Waals surface area contributed by atoms with Crippen LogP contribution in [-0.4, -0.2) is 34.0 Å². The number of allylic oxidation sites excluding steroid dienone is 1. The van der Waals surface area contributed by atoms with E-state index in [-0.39, 0.29) is 23.7 Å². The minimum atomic E-state index is -1.000. The first kappa shape index (κ1) is 24.8. The molecule has 0 saturated heterocycles. The average Bonchev–Trinajstić information content (AvgIpc) is 3.36. The lowest BCUT2D eigenvalue weighted by Gasteiger charge is -2.63. The van der Waals surface area contributed by atoms with Crippen LogP contribution in [0.15, 0.2) is 11.6 Å². The van der Waals surface area contributed by atoms with Gasteiger partial charge in [0.15, 0.2) is 0 Å². The maximum Gasteiger partial charge on any atom is 0.333 e. The molecule has 192 valence electrons. The number of aliphatic carboxylic acids is 1. The highest BCUT2D eigenvalue weighted by molar-refractivity contribution is 5.86. The largest absolute Gasteiger partial charge is 0.478 e. The second-order valence-corrected chi connectivity index (χ2v) is 14.3. The van der Waals surface area contributed by atoms with E-state index >= 15 is 0 Å². The molecule has 5 fully saturated rings. The van der Waals surface area contributed by atoms with Gasteiger partial charge in [-0.15, -0.1) is 0 Å². The molecule has 4 nitrogen and oxygen atoms in total. The van der Waals surface area contributed by atoms with Crippen LogP contribution >= 0.6 is 0 Å². The number of hydrogen-bond acceptors (Lipinski definition) is 3. The zero-order chi connectivity index (χ0) is 24.7. The Kier molecular flexibility index (Phi) is 5.70. The molecule has 0 radical (unpaired) electrons. The molecule has 9 atom stereocenters. The molecule has 0 bridgehead atoms. The van der Waals surface area contributed by atoms with Crippen LogP contribution in [-0.2, 0) is 4.79 Å². The van der Waals surface area contributed by atoms with Crippen LogP contribution in [0.4, 0.5) is 0 Å². The molecule has 0 aromatic heterocycles. The van der Waals surface area contributed by atoms with Gasteiger partial charge in [-0.05, 0) is 121 Å². The maximum absolute atomic E-state index is 11.2. The summed E-state index contributed by atoms with van der Waals surface area (Å²) in [4.78, 5) is 11.2. The third-order valence-electron chi connectivity index (χ3n) is 13.3. The molecule has 5 saturated carbocycles. The highest BCUT2D eigenvalue weighted by atomic mass is 16.4. The number of carbonyl (C=O) groups is 1. The van der Waals surface area contributed by atoms with Crippen LogP contribution < -0.4 is 0 Å². The molecule has 0 heterocycles. The summed E-state index contributed by atoms with van der Waals surface area (Å²) >= 11 is 0.